The smallest absolute Gasteiger partial charge is 0.151 e. The number of rotatable bonds is 3. The summed E-state index contributed by atoms with van der Waals surface area (Å²) in [6, 6.07) is 0. The Bertz CT molecular complexity index is 349. The van der Waals surface area contributed by atoms with Gasteiger partial charge in [-0.15, -0.1) is 0 Å². The second-order valence-corrected chi connectivity index (χ2v) is 5.08. The van der Waals surface area contributed by atoms with E-state index in [0.717, 1.165) is 30.9 Å². The van der Waals surface area contributed by atoms with E-state index in [0.29, 0.717) is 5.92 Å². The summed E-state index contributed by atoms with van der Waals surface area (Å²) >= 11 is 0. The van der Waals surface area contributed by atoms with E-state index in [9.17, 15) is 0 Å². The first-order chi connectivity index (χ1) is 7.01. The van der Waals surface area contributed by atoms with Crippen LogP contribution < -0.4 is 5.73 Å². The molecule has 0 aliphatic heterocycles. The Hall–Kier alpha value is -0.900. The summed E-state index contributed by atoms with van der Waals surface area (Å²) in [7, 11) is 1.94. The third-order valence-electron chi connectivity index (χ3n) is 3.09. The van der Waals surface area contributed by atoms with Crippen LogP contribution in [0.4, 0.5) is 0 Å². The predicted octanol–water partition coefficient (Wildman–Crippen LogP) is 1.35. The highest BCUT2D eigenvalue weighted by Gasteiger charge is 2.38. The van der Waals surface area contributed by atoms with Gasteiger partial charge < -0.3 is 5.73 Å². The molecule has 1 saturated carbocycles. The van der Waals surface area contributed by atoms with Crippen LogP contribution in [-0.2, 0) is 19.0 Å². The molecule has 4 heteroatoms. The Labute approximate surface area is 90.9 Å². The molecule has 1 aliphatic rings. The second-order valence-electron chi connectivity index (χ2n) is 5.08. The molecule has 0 spiro atoms. The molecule has 0 saturated heterocycles. The summed E-state index contributed by atoms with van der Waals surface area (Å²) in [5.74, 6) is 2.49. The maximum absolute atomic E-state index is 6.25. The largest absolute Gasteiger partial charge is 0.319 e. The quantitative estimate of drug-likeness (QED) is 0.815. The number of aryl methyl sites for hydroxylation is 1. The van der Waals surface area contributed by atoms with Gasteiger partial charge in [-0.1, -0.05) is 13.8 Å². The van der Waals surface area contributed by atoms with Crippen molar-refractivity contribution in [1.82, 2.24) is 14.8 Å². The van der Waals surface area contributed by atoms with E-state index in [-0.39, 0.29) is 5.54 Å². The molecule has 1 aromatic rings. The van der Waals surface area contributed by atoms with E-state index in [1.165, 1.54) is 6.42 Å². The summed E-state index contributed by atoms with van der Waals surface area (Å²) in [5, 5.41) is 4.42. The third kappa shape index (κ3) is 1.91. The van der Waals surface area contributed by atoms with Crippen molar-refractivity contribution in [2.45, 2.75) is 45.1 Å². The standard InChI is InChI=1S/C11H20N4/c1-8(2)7-9-13-10(15(3)14-9)11(12)5-4-6-11/h8H,4-7,12H2,1-3H3. The number of nitrogens with zero attached hydrogens (tertiary/aromatic N) is 3. The average Bonchev–Trinajstić information content (AvgIpc) is 2.42. The van der Waals surface area contributed by atoms with Crippen LogP contribution >= 0.6 is 0 Å². The van der Waals surface area contributed by atoms with Gasteiger partial charge in [-0.25, -0.2) is 4.98 Å². The van der Waals surface area contributed by atoms with E-state index in [1.54, 1.807) is 0 Å². The average molecular weight is 208 g/mol. The fourth-order valence-electron chi connectivity index (χ4n) is 2.10. The van der Waals surface area contributed by atoms with Crippen LogP contribution in [0.3, 0.4) is 0 Å². The van der Waals surface area contributed by atoms with E-state index in [2.05, 4.69) is 23.9 Å². The topological polar surface area (TPSA) is 56.7 Å². The van der Waals surface area contributed by atoms with Crippen molar-refractivity contribution in [1.29, 1.82) is 0 Å². The summed E-state index contributed by atoms with van der Waals surface area (Å²) in [6.07, 6.45) is 4.23. The van der Waals surface area contributed by atoms with Gasteiger partial charge in [0.25, 0.3) is 0 Å². The zero-order valence-corrected chi connectivity index (χ0v) is 9.82. The molecule has 15 heavy (non-hydrogen) atoms. The van der Waals surface area contributed by atoms with Gasteiger partial charge in [-0.3, -0.25) is 4.68 Å². The van der Waals surface area contributed by atoms with E-state index in [1.807, 2.05) is 11.7 Å². The molecule has 0 unspecified atom stereocenters. The fraction of sp³-hybridized carbons (Fsp3) is 0.818. The molecule has 2 rings (SSSR count). The molecule has 0 radical (unpaired) electrons. The van der Waals surface area contributed by atoms with Crippen molar-refractivity contribution in [3.63, 3.8) is 0 Å². The van der Waals surface area contributed by atoms with Gasteiger partial charge in [-0.05, 0) is 25.2 Å². The first-order valence-electron chi connectivity index (χ1n) is 5.70. The number of aromatic nitrogens is 3. The van der Waals surface area contributed by atoms with Crippen molar-refractivity contribution >= 4 is 0 Å². The van der Waals surface area contributed by atoms with Gasteiger partial charge in [0.05, 0.1) is 5.54 Å². The van der Waals surface area contributed by atoms with Crippen molar-refractivity contribution in [3.8, 4) is 0 Å². The Morgan fingerprint density at radius 1 is 1.47 bits per heavy atom. The first-order valence-corrected chi connectivity index (χ1v) is 5.70. The van der Waals surface area contributed by atoms with Gasteiger partial charge in [0.1, 0.15) is 5.82 Å². The van der Waals surface area contributed by atoms with Crippen LogP contribution in [0.1, 0.15) is 44.8 Å². The molecule has 1 fully saturated rings. The molecule has 0 atom stereocenters. The van der Waals surface area contributed by atoms with Crippen LogP contribution in [0.5, 0.6) is 0 Å². The SMILES string of the molecule is CC(C)Cc1nc(C2(N)CCC2)n(C)n1. The molecule has 1 aliphatic carbocycles. The first kappa shape index (κ1) is 10.6. The van der Waals surface area contributed by atoms with Crippen molar-refractivity contribution in [2.75, 3.05) is 0 Å². The molecule has 0 amide bonds. The minimum absolute atomic E-state index is 0.197. The number of nitrogens with two attached hydrogens (primary N) is 1. The van der Waals surface area contributed by atoms with Gasteiger partial charge in [0.2, 0.25) is 0 Å². The maximum atomic E-state index is 6.25. The van der Waals surface area contributed by atoms with E-state index < -0.39 is 0 Å². The van der Waals surface area contributed by atoms with Crippen LogP contribution in [0.25, 0.3) is 0 Å². The van der Waals surface area contributed by atoms with E-state index >= 15 is 0 Å². The van der Waals surface area contributed by atoms with Gasteiger partial charge in [0.15, 0.2) is 5.82 Å². The Morgan fingerprint density at radius 3 is 2.60 bits per heavy atom. The van der Waals surface area contributed by atoms with Crippen LogP contribution in [0, 0.1) is 5.92 Å². The zero-order valence-electron chi connectivity index (χ0n) is 9.82. The molecule has 2 N–H and O–H groups in total. The maximum Gasteiger partial charge on any atom is 0.151 e. The molecular weight excluding hydrogens is 188 g/mol. The minimum atomic E-state index is -0.197. The van der Waals surface area contributed by atoms with Crippen LogP contribution in [-0.4, -0.2) is 14.8 Å². The summed E-state index contributed by atoms with van der Waals surface area (Å²) in [5.41, 5.74) is 6.05. The molecule has 1 heterocycles. The molecule has 0 bridgehead atoms. The van der Waals surface area contributed by atoms with Crippen molar-refractivity contribution in [3.05, 3.63) is 11.6 Å². The Morgan fingerprint density at radius 2 is 2.13 bits per heavy atom. The third-order valence-corrected chi connectivity index (χ3v) is 3.09. The predicted molar refractivity (Wildman–Crippen MR) is 59.3 cm³/mol. The highest BCUT2D eigenvalue weighted by Crippen LogP contribution is 2.37. The molecular formula is C11H20N4. The van der Waals surface area contributed by atoms with Gasteiger partial charge in [-0.2, -0.15) is 5.10 Å². The molecule has 0 aromatic carbocycles. The van der Waals surface area contributed by atoms with E-state index in [4.69, 9.17) is 5.73 Å². The van der Waals surface area contributed by atoms with Crippen molar-refractivity contribution in [2.24, 2.45) is 18.7 Å². The van der Waals surface area contributed by atoms with Gasteiger partial charge >= 0.3 is 0 Å². The highest BCUT2D eigenvalue weighted by molar-refractivity contribution is 5.11. The lowest BCUT2D eigenvalue weighted by molar-refractivity contribution is 0.230. The Kier molecular flexibility index (Phi) is 2.54. The molecule has 1 aromatic heterocycles. The van der Waals surface area contributed by atoms with Gasteiger partial charge in [0, 0.05) is 13.5 Å². The lowest BCUT2D eigenvalue weighted by Crippen LogP contribution is -2.45. The number of hydrogen-bond acceptors (Lipinski definition) is 3. The number of hydrogen-bond donors (Lipinski definition) is 1. The highest BCUT2D eigenvalue weighted by atomic mass is 15.3. The monoisotopic (exact) mass is 208 g/mol. The second kappa shape index (κ2) is 3.59. The van der Waals surface area contributed by atoms with Crippen LogP contribution in [0.2, 0.25) is 0 Å². The fourth-order valence-corrected chi connectivity index (χ4v) is 2.10. The molecule has 84 valence electrons. The lowest BCUT2D eigenvalue weighted by atomic mass is 9.77. The summed E-state index contributed by atoms with van der Waals surface area (Å²) < 4.78 is 1.86. The summed E-state index contributed by atoms with van der Waals surface area (Å²) in [4.78, 5) is 4.57. The zero-order chi connectivity index (χ0) is 11.1. The van der Waals surface area contributed by atoms with Crippen molar-refractivity contribution < 1.29 is 0 Å². The summed E-state index contributed by atoms with van der Waals surface area (Å²) in [6.45, 7) is 4.36. The van der Waals surface area contributed by atoms with Crippen LogP contribution in [0.15, 0.2) is 0 Å². The molecule has 4 nitrogen and oxygen atoms in total. The Balaban J connectivity index is 2.21. The lowest BCUT2D eigenvalue weighted by Gasteiger charge is -2.36. The normalized spacial score (nSPS) is 19.3. The minimum Gasteiger partial charge on any atom is -0.319 e.